The molecule has 2 aromatic rings. The first-order valence-electron chi connectivity index (χ1n) is 6.87. The van der Waals surface area contributed by atoms with Crippen LogP contribution in [0.4, 0.5) is 5.69 Å². The summed E-state index contributed by atoms with van der Waals surface area (Å²) in [6.45, 7) is 4.34. The number of para-hydroxylation sites is 1. The van der Waals surface area contributed by atoms with Crippen molar-refractivity contribution in [2.45, 2.75) is 24.8 Å². The Bertz CT molecular complexity index is 556. The molecule has 20 heavy (non-hydrogen) atoms. The maximum Gasteiger partial charge on any atom is 0.119 e. The minimum Gasteiger partial charge on any atom is -0.497 e. The lowest BCUT2D eigenvalue weighted by Crippen LogP contribution is -2.07. The van der Waals surface area contributed by atoms with E-state index >= 15 is 0 Å². The van der Waals surface area contributed by atoms with Crippen LogP contribution in [-0.4, -0.2) is 12.9 Å². The summed E-state index contributed by atoms with van der Waals surface area (Å²) >= 11 is 1.86. The molecule has 0 spiro atoms. The van der Waals surface area contributed by atoms with E-state index < -0.39 is 0 Å². The van der Waals surface area contributed by atoms with Gasteiger partial charge in [0.1, 0.15) is 5.75 Å². The van der Waals surface area contributed by atoms with Crippen LogP contribution in [0.15, 0.2) is 53.4 Å². The highest BCUT2D eigenvalue weighted by atomic mass is 32.2. The first kappa shape index (κ1) is 14.8. The molecule has 0 saturated heterocycles. The van der Waals surface area contributed by atoms with Crippen molar-refractivity contribution < 1.29 is 4.74 Å². The Kier molecular flexibility index (Phi) is 5.36. The summed E-state index contributed by atoms with van der Waals surface area (Å²) in [5.74, 6) is 1.97. The highest BCUT2D eigenvalue weighted by Gasteiger charge is 2.09. The van der Waals surface area contributed by atoms with E-state index in [1.165, 1.54) is 16.1 Å². The quantitative estimate of drug-likeness (QED) is 0.757. The van der Waals surface area contributed by atoms with Gasteiger partial charge in [-0.1, -0.05) is 31.2 Å². The van der Waals surface area contributed by atoms with E-state index in [-0.39, 0.29) is 6.04 Å². The van der Waals surface area contributed by atoms with Crippen LogP contribution in [0.1, 0.15) is 25.5 Å². The van der Waals surface area contributed by atoms with Crippen LogP contribution < -0.4 is 10.1 Å². The average Bonchev–Trinajstić information content (AvgIpc) is 2.49. The number of hydrogen-bond acceptors (Lipinski definition) is 3. The van der Waals surface area contributed by atoms with E-state index in [4.69, 9.17) is 4.74 Å². The number of methoxy groups -OCH3 is 1. The van der Waals surface area contributed by atoms with Gasteiger partial charge >= 0.3 is 0 Å². The fourth-order valence-corrected chi connectivity index (χ4v) is 2.86. The Hall–Kier alpha value is -1.61. The molecule has 0 saturated carbocycles. The van der Waals surface area contributed by atoms with Crippen LogP contribution in [0.25, 0.3) is 0 Å². The Labute approximate surface area is 125 Å². The predicted octanol–water partition coefficient (Wildman–Crippen LogP) is 4.98. The first-order valence-corrected chi connectivity index (χ1v) is 7.85. The molecular weight excluding hydrogens is 266 g/mol. The largest absolute Gasteiger partial charge is 0.497 e. The number of ether oxygens (including phenoxy) is 1. The van der Waals surface area contributed by atoms with Crippen LogP contribution >= 0.6 is 11.8 Å². The zero-order valence-electron chi connectivity index (χ0n) is 12.2. The van der Waals surface area contributed by atoms with Gasteiger partial charge in [-0.05, 0) is 42.5 Å². The molecule has 0 radical (unpaired) electrons. The standard InChI is InChI=1S/C17H21NOS/c1-4-20-17-11-6-5-10-16(17)18-13(2)14-8-7-9-15(12-14)19-3/h5-13,18H,4H2,1-3H3. The highest BCUT2D eigenvalue weighted by Crippen LogP contribution is 2.30. The van der Waals surface area contributed by atoms with Gasteiger partial charge in [0.25, 0.3) is 0 Å². The summed E-state index contributed by atoms with van der Waals surface area (Å²) in [7, 11) is 1.70. The minimum absolute atomic E-state index is 0.240. The molecule has 3 heteroatoms. The van der Waals surface area contributed by atoms with Crippen LogP contribution in [0.5, 0.6) is 5.75 Å². The summed E-state index contributed by atoms with van der Waals surface area (Å²) in [5.41, 5.74) is 2.41. The van der Waals surface area contributed by atoms with Crippen molar-refractivity contribution in [3.63, 3.8) is 0 Å². The Morgan fingerprint density at radius 1 is 1.15 bits per heavy atom. The number of thioether (sulfide) groups is 1. The van der Waals surface area contributed by atoms with Crippen molar-refractivity contribution >= 4 is 17.4 Å². The molecule has 0 aliphatic heterocycles. The highest BCUT2D eigenvalue weighted by molar-refractivity contribution is 7.99. The molecule has 2 rings (SSSR count). The van der Waals surface area contributed by atoms with Crippen molar-refractivity contribution in [3.05, 3.63) is 54.1 Å². The van der Waals surface area contributed by atoms with E-state index in [0.717, 1.165) is 11.5 Å². The van der Waals surface area contributed by atoms with Crippen LogP contribution in [0, 0.1) is 0 Å². The number of hydrogen-bond donors (Lipinski definition) is 1. The van der Waals surface area contributed by atoms with Crippen molar-refractivity contribution in [1.82, 2.24) is 0 Å². The van der Waals surface area contributed by atoms with Crippen LogP contribution in [-0.2, 0) is 0 Å². The van der Waals surface area contributed by atoms with Gasteiger partial charge in [-0.2, -0.15) is 0 Å². The Balaban J connectivity index is 2.16. The molecule has 0 aliphatic rings. The van der Waals surface area contributed by atoms with Gasteiger partial charge in [-0.25, -0.2) is 0 Å². The number of benzene rings is 2. The van der Waals surface area contributed by atoms with E-state index in [9.17, 15) is 0 Å². The normalized spacial score (nSPS) is 11.9. The maximum absolute atomic E-state index is 5.29. The molecule has 0 amide bonds. The number of nitrogens with one attached hydrogen (secondary N) is 1. The third-order valence-corrected chi connectivity index (χ3v) is 4.11. The molecule has 1 atom stereocenters. The number of rotatable bonds is 6. The van der Waals surface area contributed by atoms with Crippen molar-refractivity contribution in [2.75, 3.05) is 18.2 Å². The second-order valence-electron chi connectivity index (χ2n) is 4.57. The molecule has 2 nitrogen and oxygen atoms in total. The minimum atomic E-state index is 0.240. The number of anilines is 1. The molecule has 0 heterocycles. The van der Waals surface area contributed by atoms with Crippen molar-refractivity contribution in [2.24, 2.45) is 0 Å². The van der Waals surface area contributed by atoms with E-state index in [2.05, 4.69) is 55.6 Å². The third-order valence-electron chi connectivity index (χ3n) is 3.15. The lowest BCUT2D eigenvalue weighted by Gasteiger charge is -2.18. The van der Waals surface area contributed by atoms with Crippen molar-refractivity contribution in [1.29, 1.82) is 0 Å². The van der Waals surface area contributed by atoms with Gasteiger partial charge < -0.3 is 10.1 Å². The summed E-state index contributed by atoms with van der Waals surface area (Å²) in [5, 5.41) is 3.59. The molecule has 1 unspecified atom stereocenters. The lowest BCUT2D eigenvalue weighted by atomic mass is 10.1. The second-order valence-corrected chi connectivity index (χ2v) is 5.88. The topological polar surface area (TPSA) is 21.3 Å². The smallest absolute Gasteiger partial charge is 0.119 e. The molecule has 0 bridgehead atoms. The Morgan fingerprint density at radius 2 is 1.95 bits per heavy atom. The van der Waals surface area contributed by atoms with Gasteiger partial charge in [0, 0.05) is 16.6 Å². The monoisotopic (exact) mass is 287 g/mol. The molecule has 1 N–H and O–H groups in total. The summed E-state index contributed by atoms with van der Waals surface area (Å²) in [6.07, 6.45) is 0. The van der Waals surface area contributed by atoms with E-state index in [0.29, 0.717) is 0 Å². The fourth-order valence-electron chi connectivity index (χ4n) is 2.09. The molecular formula is C17H21NOS. The average molecular weight is 287 g/mol. The van der Waals surface area contributed by atoms with Gasteiger partial charge in [0.15, 0.2) is 0 Å². The van der Waals surface area contributed by atoms with Crippen LogP contribution in [0.3, 0.4) is 0 Å². The van der Waals surface area contributed by atoms with Crippen LogP contribution in [0.2, 0.25) is 0 Å². The predicted molar refractivity (Wildman–Crippen MR) is 87.9 cm³/mol. The van der Waals surface area contributed by atoms with Gasteiger partial charge in [-0.15, -0.1) is 11.8 Å². The molecule has 106 valence electrons. The molecule has 0 aromatic heterocycles. The fraction of sp³-hybridized carbons (Fsp3) is 0.294. The van der Waals surface area contributed by atoms with E-state index in [1.807, 2.05) is 23.9 Å². The summed E-state index contributed by atoms with van der Waals surface area (Å²) < 4.78 is 5.29. The van der Waals surface area contributed by atoms with E-state index in [1.54, 1.807) is 7.11 Å². The maximum atomic E-state index is 5.29. The van der Waals surface area contributed by atoms with Gasteiger partial charge in [0.2, 0.25) is 0 Å². The Morgan fingerprint density at radius 3 is 2.70 bits per heavy atom. The zero-order chi connectivity index (χ0) is 14.4. The molecule has 2 aromatic carbocycles. The summed E-state index contributed by atoms with van der Waals surface area (Å²) in [6, 6.07) is 16.9. The first-order chi connectivity index (χ1) is 9.74. The van der Waals surface area contributed by atoms with Gasteiger partial charge in [0.05, 0.1) is 7.11 Å². The molecule has 0 fully saturated rings. The summed E-state index contributed by atoms with van der Waals surface area (Å²) in [4.78, 5) is 1.30. The second kappa shape index (κ2) is 7.25. The lowest BCUT2D eigenvalue weighted by molar-refractivity contribution is 0.414. The zero-order valence-corrected chi connectivity index (χ0v) is 13.0. The van der Waals surface area contributed by atoms with Gasteiger partial charge in [-0.3, -0.25) is 0 Å². The van der Waals surface area contributed by atoms with Crippen molar-refractivity contribution in [3.8, 4) is 5.75 Å². The molecule has 0 aliphatic carbocycles. The SMILES string of the molecule is CCSc1ccccc1NC(C)c1cccc(OC)c1. The third kappa shape index (κ3) is 3.70.